The number of H-pyrrole nitrogens is 1. The summed E-state index contributed by atoms with van der Waals surface area (Å²) in [6.07, 6.45) is 0. The van der Waals surface area contributed by atoms with E-state index in [0.29, 0.717) is 16.6 Å². The van der Waals surface area contributed by atoms with Gasteiger partial charge in [-0.05, 0) is 73.7 Å². The topological polar surface area (TPSA) is 81.4 Å². The largest absolute Gasteiger partial charge is 0.457 e. The Hall–Kier alpha value is -5.35. The standard InChI is InChI=1S/C30H20N4O3/c1-20-7-14-23(15-8-20)34-30(36)33-28(32-34)26-19-22(13-18-27(26)31-29(33)35)10-9-21-11-16-25(17-12-21)37-24-5-3-2-4-6-24/h2-8,11-19H,1H3,(H,31,35). The van der Waals surface area contributed by atoms with Crippen molar-refractivity contribution in [2.45, 2.75) is 6.92 Å². The van der Waals surface area contributed by atoms with Crippen LogP contribution in [0, 0.1) is 18.8 Å². The van der Waals surface area contributed by atoms with Crippen LogP contribution in [0.3, 0.4) is 0 Å². The number of aryl methyl sites for hydroxylation is 1. The Labute approximate surface area is 211 Å². The summed E-state index contributed by atoms with van der Waals surface area (Å²) < 4.78 is 8.11. The summed E-state index contributed by atoms with van der Waals surface area (Å²) in [5, 5.41) is 5.12. The van der Waals surface area contributed by atoms with E-state index in [1.807, 2.05) is 85.8 Å². The molecule has 0 spiro atoms. The Morgan fingerprint density at radius 2 is 1.46 bits per heavy atom. The van der Waals surface area contributed by atoms with E-state index in [-0.39, 0.29) is 5.65 Å². The Morgan fingerprint density at radius 3 is 2.22 bits per heavy atom. The normalized spacial score (nSPS) is 10.8. The molecule has 0 radical (unpaired) electrons. The number of nitrogens with zero attached hydrogens (tertiary/aromatic N) is 3. The van der Waals surface area contributed by atoms with Gasteiger partial charge in [0, 0.05) is 16.5 Å². The number of benzene rings is 4. The summed E-state index contributed by atoms with van der Waals surface area (Å²) in [4.78, 5) is 28.5. The molecule has 0 aliphatic carbocycles. The average molecular weight is 485 g/mol. The van der Waals surface area contributed by atoms with Crippen LogP contribution in [0.15, 0.2) is 107 Å². The van der Waals surface area contributed by atoms with Crippen LogP contribution in [0.1, 0.15) is 16.7 Å². The predicted octanol–water partition coefficient (Wildman–Crippen LogP) is 4.83. The van der Waals surface area contributed by atoms with Gasteiger partial charge in [-0.15, -0.1) is 5.10 Å². The van der Waals surface area contributed by atoms with Crippen molar-refractivity contribution in [3.05, 3.63) is 135 Å². The number of aromatic nitrogens is 4. The van der Waals surface area contributed by atoms with Gasteiger partial charge in [-0.3, -0.25) is 0 Å². The van der Waals surface area contributed by atoms with E-state index in [1.165, 1.54) is 4.68 Å². The molecule has 4 aromatic carbocycles. The van der Waals surface area contributed by atoms with Crippen LogP contribution in [-0.4, -0.2) is 19.2 Å². The van der Waals surface area contributed by atoms with Gasteiger partial charge in [0.15, 0.2) is 5.65 Å². The third kappa shape index (κ3) is 4.28. The van der Waals surface area contributed by atoms with Gasteiger partial charge in [0.1, 0.15) is 11.5 Å². The molecule has 7 nitrogen and oxygen atoms in total. The van der Waals surface area contributed by atoms with Crippen molar-refractivity contribution in [3.8, 4) is 29.0 Å². The number of rotatable bonds is 3. The lowest BCUT2D eigenvalue weighted by molar-refractivity contribution is 0.482. The molecule has 2 aromatic heterocycles. The van der Waals surface area contributed by atoms with Crippen molar-refractivity contribution >= 4 is 16.6 Å². The van der Waals surface area contributed by atoms with Gasteiger partial charge in [0.25, 0.3) is 0 Å². The summed E-state index contributed by atoms with van der Waals surface area (Å²) in [5.74, 6) is 7.80. The summed E-state index contributed by atoms with van der Waals surface area (Å²) in [5.41, 5.74) is 2.98. The van der Waals surface area contributed by atoms with Crippen LogP contribution in [-0.2, 0) is 0 Å². The highest BCUT2D eigenvalue weighted by Gasteiger charge is 2.15. The second-order valence-electron chi connectivity index (χ2n) is 8.57. The molecule has 0 bridgehead atoms. The quantitative estimate of drug-likeness (QED) is 0.365. The number of fused-ring (bicyclic) bond motifs is 3. The fourth-order valence-electron chi connectivity index (χ4n) is 4.04. The monoisotopic (exact) mass is 484 g/mol. The lowest BCUT2D eigenvalue weighted by Gasteiger charge is -2.04. The molecule has 2 heterocycles. The zero-order valence-corrected chi connectivity index (χ0v) is 19.8. The molecular formula is C30H20N4O3. The highest BCUT2D eigenvalue weighted by molar-refractivity contribution is 5.92. The minimum Gasteiger partial charge on any atom is -0.457 e. The summed E-state index contributed by atoms with van der Waals surface area (Å²) in [6.45, 7) is 1.96. The first-order chi connectivity index (χ1) is 18.0. The maximum Gasteiger partial charge on any atom is 0.359 e. The van der Waals surface area contributed by atoms with Gasteiger partial charge in [0.05, 0.1) is 11.2 Å². The lowest BCUT2D eigenvalue weighted by Crippen LogP contribution is -2.29. The van der Waals surface area contributed by atoms with Crippen molar-refractivity contribution in [2.75, 3.05) is 0 Å². The van der Waals surface area contributed by atoms with E-state index in [0.717, 1.165) is 32.6 Å². The van der Waals surface area contributed by atoms with Crippen molar-refractivity contribution in [1.82, 2.24) is 19.2 Å². The van der Waals surface area contributed by atoms with Gasteiger partial charge in [-0.2, -0.15) is 9.08 Å². The molecule has 0 aliphatic heterocycles. The lowest BCUT2D eigenvalue weighted by atomic mass is 10.1. The van der Waals surface area contributed by atoms with E-state index in [4.69, 9.17) is 4.74 Å². The second kappa shape index (κ2) is 9.02. The van der Waals surface area contributed by atoms with Crippen LogP contribution in [0.4, 0.5) is 0 Å². The Balaban J connectivity index is 1.36. The maximum atomic E-state index is 13.0. The number of hydrogen-bond acceptors (Lipinski definition) is 4. The fraction of sp³-hybridized carbons (Fsp3) is 0.0333. The molecule has 6 rings (SSSR count). The van der Waals surface area contributed by atoms with Crippen molar-refractivity contribution in [2.24, 2.45) is 0 Å². The zero-order valence-electron chi connectivity index (χ0n) is 19.8. The van der Waals surface area contributed by atoms with Crippen molar-refractivity contribution in [3.63, 3.8) is 0 Å². The van der Waals surface area contributed by atoms with Crippen LogP contribution in [0.25, 0.3) is 22.2 Å². The molecule has 1 N–H and O–H groups in total. The first kappa shape index (κ1) is 22.1. The smallest absolute Gasteiger partial charge is 0.359 e. The summed E-state index contributed by atoms with van der Waals surface area (Å²) in [7, 11) is 0. The molecule has 0 saturated heterocycles. The van der Waals surface area contributed by atoms with E-state index < -0.39 is 11.4 Å². The van der Waals surface area contributed by atoms with Crippen molar-refractivity contribution in [1.29, 1.82) is 0 Å². The van der Waals surface area contributed by atoms with Gasteiger partial charge in [-0.25, -0.2) is 9.59 Å². The minimum atomic E-state index is -0.539. The molecular weight excluding hydrogens is 464 g/mol. The molecule has 0 fully saturated rings. The highest BCUT2D eigenvalue weighted by Crippen LogP contribution is 2.21. The highest BCUT2D eigenvalue weighted by atomic mass is 16.5. The SMILES string of the molecule is Cc1ccc(-n2nc3c4cc(C#Cc5ccc(Oc6ccccc6)cc5)ccc4[nH]c(=O)n3c2=O)cc1. The van der Waals surface area contributed by atoms with E-state index >= 15 is 0 Å². The molecule has 178 valence electrons. The van der Waals surface area contributed by atoms with Crippen LogP contribution in [0.5, 0.6) is 11.5 Å². The van der Waals surface area contributed by atoms with Gasteiger partial charge in [-0.1, -0.05) is 47.7 Å². The Kier molecular flexibility index (Phi) is 5.40. The molecule has 0 saturated carbocycles. The van der Waals surface area contributed by atoms with Crippen LogP contribution in [0.2, 0.25) is 0 Å². The van der Waals surface area contributed by atoms with Crippen LogP contribution < -0.4 is 16.1 Å². The molecule has 0 amide bonds. The summed E-state index contributed by atoms with van der Waals surface area (Å²) in [6, 6.07) is 29.9. The van der Waals surface area contributed by atoms with E-state index in [9.17, 15) is 9.59 Å². The van der Waals surface area contributed by atoms with E-state index in [1.54, 1.807) is 18.2 Å². The molecule has 0 atom stereocenters. The number of nitrogens with one attached hydrogen (secondary N) is 1. The zero-order chi connectivity index (χ0) is 25.4. The summed E-state index contributed by atoms with van der Waals surface area (Å²) >= 11 is 0. The third-order valence-electron chi connectivity index (χ3n) is 5.95. The maximum absolute atomic E-state index is 13.0. The molecule has 0 aliphatic rings. The number of aromatic amines is 1. The predicted molar refractivity (Wildman–Crippen MR) is 143 cm³/mol. The van der Waals surface area contributed by atoms with E-state index in [2.05, 4.69) is 21.9 Å². The van der Waals surface area contributed by atoms with Crippen molar-refractivity contribution < 1.29 is 4.74 Å². The fourth-order valence-corrected chi connectivity index (χ4v) is 4.04. The number of para-hydroxylation sites is 1. The van der Waals surface area contributed by atoms with Crippen LogP contribution >= 0.6 is 0 Å². The third-order valence-corrected chi connectivity index (χ3v) is 5.95. The molecule has 7 heteroatoms. The first-order valence-corrected chi connectivity index (χ1v) is 11.6. The minimum absolute atomic E-state index is 0.274. The number of hydrogen-bond donors (Lipinski definition) is 1. The second-order valence-corrected chi connectivity index (χ2v) is 8.57. The Bertz CT molecular complexity index is 1940. The average Bonchev–Trinajstić information content (AvgIpc) is 3.27. The molecule has 6 aromatic rings. The first-order valence-electron chi connectivity index (χ1n) is 11.6. The Morgan fingerprint density at radius 1 is 0.784 bits per heavy atom. The van der Waals surface area contributed by atoms with Gasteiger partial charge < -0.3 is 9.72 Å². The molecule has 0 unspecified atom stereocenters. The van der Waals surface area contributed by atoms with Gasteiger partial charge in [0.2, 0.25) is 0 Å². The number of ether oxygens (including phenoxy) is 1. The van der Waals surface area contributed by atoms with Gasteiger partial charge >= 0.3 is 11.4 Å². The molecule has 37 heavy (non-hydrogen) atoms.